The van der Waals surface area contributed by atoms with E-state index in [0.29, 0.717) is 0 Å². The van der Waals surface area contributed by atoms with Crippen LogP contribution in [0.2, 0.25) is 0 Å². The molecule has 1 aromatic rings. The normalized spacial score (nSPS) is 17.0. The van der Waals surface area contributed by atoms with Crippen LogP contribution >= 0.6 is 31.9 Å². The SMILES string of the molecule is FC(F)(F)C(F)(F)C(F)(F)C(F)(F)C(F)(F)C(F)(F)C(F)(F)C(F)(F)C(F)(F)C(F)(F)C(F)(F)C(F)(F)c1cc(Br)c(Br)cc1C(F)(F)C(F)(F)C(F)(F)C(F)(F)C(F)(F)C(F)(F)C(F)(F)C(F)(F)C(F)(F)C(F)(F)C(F)(F)C(F)(F)F. The van der Waals surface area contributed by atoms with Crippen LogP contribution in [0.25, 0.3) is 0 Å². The van der Waals surface area contributed by atoms with Crippen LogP contribution in [-0.4, -0.2) is 131 Å². The number of hydrogen-bond donors (Lipinski definition) is 0. The maximum atomic E-state index is 15.3. The van der Waals surface area contributed by atoms with Gasteiger partial charge in [0.05, 0.1) is 0 Å². The zero-order chi connectivity index (χ0) is 67.7. The molecule has 0 N–H and O–H groups in total. The molecule has 0 saturated heterocycles. The highest BCUT2D eigenvalue weighted by molar-refractivity contribution is 9.13. The largest absolute Gasteiger partial charge is 0.460 e. The first-order valence-corrected chi connectivity index (χ1v) is 19.1. The Hall–Kier alpha value is -3.32. The summed E-state index contributed by atoms with van der Waals surface area (Å²) in [5.41, 5.74) is -10.3. The van der Waals surface area contributed by atoms with Crippen molar-refractivity contribution in [1.82, 2.24) is 0 Å². The summed E-state index contributed by atoms with van der Waals surface area (Å²) in [5.74, 6) is -219. The molecule has 52 heteroatoms. The molecule has 0 spiro atoms. The van der Waals surface area contributed by atoms with Crippen LogP contribution in [-0.2, 0) is 11.8 Å². The van der Waals surface area contributed by atoms with Crippen LogP contribution < -0.4 is 0 Å². The quantitative estimate of drug-likeness (QED) is 0.102. The molecule has 0 saturated carbocycles. The maximum absolute atomic E-state index is 15.3. The van der Waals surface area contributed by atoms with E-state index in [-0.39, 0.29) is 0 Å². The summed E-state index contributed by atoms with van der Waals surface area (Å²) in [6.07, 6.45) is -17.1. The summed E-state index contributed by atoms with van der Waals surface area (Å²) in [6.45, 7) is 0. The fraction of sp³-hybridized carbons (Fsp3) is 0.800. The number of benzene rings is 1. The topological polar surface area (TPSA) is 0 Å². The molecule has 0 amide bonds. The Morgan fingerprint density at radius 1 is 0.159 bits per heavy atom. The summed E-state index contributed by atoms with van der Waals surface area (Å²) in [7, 11) is 0. The molecular formula is C30H2Br2F50. The van der Waals surface area contributed by atoms with Gasteiger partial charge in [0.25, 0.3) is 0 Å². The van der Waals surface area contributed by atoms with E-state index in [1.807, 2.05) is 0 Å². The number of hydrogen-bond acceptors (Lipinski definition) is 0. The summed E-state index contributed by atoms with van der Waals surface area (Å²) in [6, 6.07) is -4.18. The van der Waals surface area contributed by atoms with Crippen molar-refractivity contribution < 1.29 is 220 Å². The summed E-state index contributed by atoms with van der Waals surface area (Å²) in [4.78, 5) is 0. The lowest BCUT2D eigenvalue weighted by atomic mass is 9.81. The van der Waals surface area contributed by atoms with Gasteiger partial charge in [0.1, 0.15) is 0 Å². The van der Waals surface area contributed by atoms with Gasteiger partial charge in [-0.2, -0.15) is 220 Å². The highest BCUT2D eigenvalue weighted by atomic mass is 79.9. The third-order valence-corrected chi connectivity index (χ3v) is 12.2. The predicted octanol–water partition coefficient (Wildman–Crippen LogP) is 19.2. The summed E-state index contributed by atoms with van der Waals surface area (Å²) < 4.78 is 694. The van der Waals surface area contributed by atoms with Gasteiger partial charge in [-0.15, -0.1) is 0 Å². The van der Waals surface area contributed by atoms with Crippen molar-refractivity contribution >= 4 is 31.9 Å². The third-order valence-electron chi connectivity index (χ3n) is 10.3. The molecular weight excluding hydrogens is 1470 g/mol. The fourth-order valence-corrected chi connectivity index (χ4v) is 6.00. The first kappa shape index (κ1) is 76.7. The Balaban J connectivity index is 4.45. The molecule has 0 heterocycles. The minimum Gasteiger partial charge on any atom is -0.194 e. The van der Waals surface area contributed by atoms with Crippen molar-refractivity contribution in [2.75, 3.05) is 0 Å². The van der Waals surface area contributed by atoms with Crippen molar-refractivity contribution in [2.45, 2.75) is 143 Å². The molecule has 486 valence electrons. The summed E-state index contributed by atoms with van der Waals surface area (Å²) >= 11 is 2.85. The average Bonchev–Trinajstić information content (AvgIpc) is 3.24. The second kappa shape index (κ2) is 19.1. The van der Waals surface area contributed by atoms with Crippen LogP contribution in [0.4, 0.5) is 220 Å². The first-order chi connectivity index (χ1) is 34.5. The monoisotopic (exact) mass is 1470 g/mol. The van der Waals surface area contributed by atoms with Crippen molar-refractivity contribution in [3.63, 3.8) is 0 Å². The minimum absolute atomic E-state index is 1.43. The van der Waals surface area contributed by atoms with E-state index >= 15 is 17.6 Å². The Kier molecular flexibility index (Phi) is 17.9. The van der Waals surface area contributed by atoms with Gasteiger partial charge in [-0.25, -0.2) is 0 Å². The smallest absolute Gasteiger partial charge is 0.194 e. The molecule has 0 nitrogen and oxygen atoms in total. The molecule has 0 aliphatic carbocycles. The van der Waals surface area contributed by atoms with Gasteiger partial charge < -0.3 is 0 Å². The Morgan fingerprint density at radius 2 is 0.256 bits per heavy atom. The van der Waals surface area contributed by atoms with Crippen LogP contribution in [0, 0.1) is 0 Å². The predicted molar refractivity (Wildman–Crippen MR) is 161 cm³/mol. The minimum atomic E-state index is -10.4. The lowest BCUT2D eigenvalue weighted by Gasteiger charge is -2.46. The zero-order valence-electron chi connectivity index (χ0n) is 34.8. The standard InChI is InChI=1S/C30H2Br2F50/c31-5-1-3(7(33,34)9(37,38)11(41,42)13(45,46)15(49,50)17(53,54)19(57,58)21(61,62)23(65,66)25(69,70)27(73,74)29(77,78)79)4(2-6(5)32)8(35,36)10(39,40)12(43,44)14(47,48)16(51,52)18(55,56)20(59,60)22(63,64)24(67,68)26(71,72)28(75,76)30(80,81)82/h1-2H. The fourth-order valence-electron chi connectivity index (χ4n) is 5.31. The second-order valence-electron chi connectivity index (χ2n) is 15.4. The maximum Gasteiger partial charge on any atom is 0.460 e. The van der Waals surface area contributed by atoms with Gasteiger partial charge in [-0.3, -0.25) is 0 Å². The van der Waals surface area contributed by atoms with Crippen molar-refractivity contribution in [1.29, 1.82) is 0 Å². The molecule has 0 aliphatic heterocycles. The molecule has 0 atom stereocenters. The lowest BCUT2D eigenvalue weighted by Crippen LogP contribution is -2.78. The van der Waals surface area contributed by atoms with E-state index in [0.717, 1.165) is 0 Å². The van der Waals surface area contributed by atoms with Crippen molar-refractivity contribution in [3.8, 4) is 0 Å². The Labute approximate surface area is 426 Å². The third kappa shape index (κ3) is 8.86. The molecule has 0 fully saturated rings. The van der Waals surface area contributed by atoms with Crippen molar-refractivity contribution in [3.05, 3.63) is 32.2 Å². The van der Waals surface area contributed by atoms with E-state index in [1.54, 1.807) is 0 Å². The van der Waals surface area contributed by atoms with Crippen molar-refractivity contribution in [2.24, 2.45) is 0 Å². The zero-order valence-corrected chi connectivity index (χ0v) is 38.0. The van der Waals surface area contributed by atoms with Gasteiger partial charge in [-0.1, -0.05) is 0 Å². The van der Waals surface area contributed by atoms with Crippen LogP contribution in [0.5, 0.6) is 0 Å². The molecule has 0 aromatic heterocycles. The van der Waals surface area contributed by atoms with E-state index < -0.39 is 175 Å². The second-order valence-corrected chi connectivity index (χ2v) is 17.2. The van der Waals surface area contributed by atoms with Gasteiger partial charge in [-0.05, 0) is 44.0 Å². The first-order valence-electron chi connectivity index (χ1n) is 17.5. The van der Waals surface area contributed by atoms with Crippen LogP contribution in [0.1, 0.15) is 11.1 Å². The highest BCUT2D eigenvalue weighted by Crippen LogP contribution is 2.72. The van der Waals surface area contributed by atoms with E-state index in [1.165, 1.54) is 31.9 Å². The molecule has 0 radical (unpaired) electrons. The van der Waals surface area contributed by atoms with E-state index in [9.17, 15) is 202 Å². The molecule has 0 bridgehead atoms. The molecule has 0 unspecified atom stereocenters. The van der Waals surface area contributed by atoms with Gasteiger partial charge in [0.2, 0.25) is 0 Å². The molecule has 0 aliphatic rings. The van der Waals surface area contributed by atoms with E-state index in [2.05, 4.69) is 0 Å². The Bertz CT molecular complexity index is 2340. The van der Waals surface area contributed by atoms with Crippen LogP contribution in [0.3, 0.4) is 0 Å². The van der Waals surface area contributed by atoms with Crippen LogP contribution in [0.15, 0.2) is 21.1 Å². The Morgan fingerprint density at radius 3 is 0.366 bits per heavy atom. The van der Waals surface area contributed by atoms with Gasteiger partial charge in [0.15, 0.2) is 0 Å². The summed E-state index contributed by atoms with van der Waals surface area (Å²) in [5, 5.41) is 0. The lowest BCUT2D eigenvalue weighted by molar-refractivity contribution is -0.483. The molecule has 82 heavy (non-hydrogen) atoms. The average molecular weight is 1470 g/mol. The van der Waals surface area contributed by atoms with E-state index in [4.69, 9.17) is 0 Å². The molecule has 1 rings (SSSR count). The number of halogens is 52. The number of rotatable bonds is 22. The number of alkyl halides is 50. The van der Waals surface area contributed by atoms with Gasteiger partial charge in [0, 0.05) is 20.1 Å². The highest BCUT2D eigenvalue weighted by Gasteiger charge is 3.02. The molecule has 1 aromatic carbocycles. The van der Waals surface area contributed by atoms with Gasteiger partial charge >= 0.3 is 143 Å².